The number of aryl methyl sites for hydroxylation is 2. The summed E-state index contributed by atoms with van der Waals surface area (Å²) in [5.74, 6) is 2.46. The monoisotopic (exact) mass is 496 g/mol. The second kappa shape index (κ2) is 9.90. The number of benzene rings is 3. The number of hydrogen-bond donors (Lipinski definition) is 0. The van der Waals surface area contributed by atoms with Gasteiger partial charge in [-0.05, 0) is 60.4 Å². The van der Waals surface area contributed by atoms with E-state index in [-0.39, 0.29) is 5.91 Å². The van der Waals surface area contributed by atoms with Gasteiger partial charge in [0.15, 0.2) is 11.5 Å². The number of hydrogen-bond acceptors (Lipinski definition) is 6. The first-order valence-corrected chi connectivity index (χ1v) is 12.9. The number of rotatable bonds is 5. The van der Waals surface area contributed by atoms with E-state index in [2.05, 4.69) is 60.0 Å². The molecule has 3 aliphatic rings. The van der Waals surface area contributed by atoms with E-state index in [1.54, 1.807) is 0 Å². The van der Waals surface area contributed by atoms with Crippen LogP contribution in [0.4, 0.5) is 5.69 Å². The lowest BCUT2D eigenvalue weighted by Gasteiger charge is -2.37. The maximum atomic E-state index is 13.7. The minimum Gasteiger partial charge on any atom is -0.454 e. The second-order valence-electron chi connectivity index (χ2n) is 10.0. The standard InChI is InChI=1S/C30H32N4O3/c1-21-8-10-25(16-22(21)2)34-29(35)26(17-23-6-4-3-5-7-23)31-30(34)33-14-12-32(13-15-33)19-24-9-11-27-28(18-24)37-20-36-27/h3-11,16,18,26H,12-15,17,19-20H2,1-2H3. The average Bonchev–Trinajstić information content (AvgIpc) is 3.51. The average molecular weight is 497 g/mol. The number of aliphatic imine (C=N–C) groups is 1. The van der Waals surface area contributed by atoms with Gasteiger partial charge >= 0.3 is 0 Å². The number of ether oxygens (including phenoxy) is 2. The first kappa shape index (κ1) is 23.6. The Balaban J connectivity index is 1.20. The summed E-state index contributed by atoms with van der Waals surface area (Å²) >= 11 is 0. The fourth-order valence-corrected chi connectivity index (χ4v) is 5.20. The number of anilines is 1. The highest BCUT2D eigenvalue weighted by Crippen LogP contribution is 2.33. The molecule has 37 heavy (non-hydrogen) atoms. The maximum absolute atomic E-state index is 13.7. The zero-order chi connectivity index (χ0) is 25.4. The number of carbonyl (C=O) groups excluding carboxylic acids is 1. The molecule has 1 unspecified atom stereocenters. The van der Waals surface area contributed by atoms with Crippen molar-refractivity contribution in [3.8, 4) is 11.5 Å². The zero-order valence-corrected chi connectivity index (χ0v) is 21.4. The molecule has 1 atom stereocenters. The van der Waals surface area contributed by atoms with Crippen molar-refractivity contribution in [3.63, 3.8) is 0 Å². The van der Waals surface area contributed by atoms with E-state index in [1.807, 2.05) is 35.2 Å². The van der Waals surface area contributed by atoms with Gasteiger partial charge in [-0.25, -0.2) is 9.89 Å². The fraction of sp³-hybridized carbons (Fsp3) is 0.333. The maximum Gasteiger partial charge on any atom is 0.259 e. The zero-order valence-electron chi connectivity index (χ0n) is 21.4. The smallest absolute Gasteiger partial charge is 0.259 e. The predicted molar refractivity (Wildman–Crippen MR) is 144 cm³/mol. The molecular formula is C30H32N4O3. The van der Waals surface area contributed by atoms with Crippen molar-refractivity contribution in [2.24, 2.45) is 4.99 Å². The Morgan fingerprint density at radius 3 is 2.41 bits per heavy atom. The van der Waals surface area contributed by atoms with Crippen molar-refractivity contribution in [1.29, 1.82) is 0 Å². The molecule has 0 N–H and O–H groups in total. The third-order valence-corrected chi connectivity index (χ3v) is 7.50. The molecule has 0 aromatic heterocycles. The van der Waals surface area contributed by atoms with Gasteiger partial charge < -0.3 is 14.4 Å². The fourth-order valence-electron chi connectivity index (χ4n) is 5.20. The summed E-state index contributed by atoms with van der Waals surface area (Å²) in [4.78, 5) is 25.3. The lowest BCUT2D eigenvalue weighted by Crippen LogP contribution is -2.53. The Bertz CT molecular complexity index is 1330. The molecule has 0 bridgehead atoms. The number of amides is 1. The Labute approximate surface area is 217 Å². The van der Waals surface area contributed by atoms with Gasteiger partial charge in [-0.3, -0.25) is 9.69 Å². The Kier molecular flexibility index (Phi) is 6.30. The van der Waals surface area contributed by atoms with Gasteiger partial charge in [0.1, 0.15) is 6.04 Å². The molecule has 3 aliphatic heterocycles. The van der Waals surface area contributed by atoms with Gasteiger partial charge in [0.05, 0.1) is 5.69 Å². The molecule has 0 spiro atoms. The van der Waals surface area contributed by atoms with Crippen LogP contribution in [0, 0.1) is 13.8 Å². The van der Waals surface area contributed by atoms with Crippen LogP contribution in [0.2, 0.25) is 0 Å². The van der Waals surface area contributed by atoms with Crippen LogP contribution in [0.1, 0.15) is 22.3 Å². The van der Waals surface area contributed by atoms with E-state index in [0.717, 1.165) is 61.4 Å². The SMILES string of the molecule is Cc1ccc(N2C(=O)C(Cc3ccccc3)N=C2N2CCN(Cc3ccc4c(c3)OCO4)CC2)cc1C. The molecule has 6 rings (SSSR count). The number of piperazine rings is 1. The molecule has 3 heterocycles. The second-order valence-corrected chi connectivity index (χ2v) is 10.0. The first-order chi connectivity index (χ1) is 18.0. The van der Waals surface area contributed by atoms with Crippen LogP contribution in [0.15, 0.2) is 71.7 Å². The van der Waals surface area contributed by atoms with Crippen molar-refractivity contribution in [3.05, 3.63) is 89.0 Å². The molecule has 7 heteroatoms. The molecule has 1 fully saturated rings. The Hall–Kier alpha value is -3.84. The highest BCUT2D eigenvalue weighted by molar-refractivity contribution is 6.22. The van der Waals surface area contributed by atoms with Crippen LogP contribution in [0.3, 0.4) is 0 Å². The number of guanidine groups is 1. The van der Waals surface area contributed by atoms with Gasteiger partial charge in [-0.1, -0.05) is 42.5 Å². The normalized spacial score (nSPS) is 19.5. The van der Waals surface area contributed by atoms with Crippen LogP contribution in [-0.2, 0) is 17.8 Å². The Morgan fingerprint density at radius 1 is 0.838 bits per heavy atom. The molecule has 1 saturated heterocycles. The molecule has 3 aromatic carbocycles. The topological polar surface area (TPSA) is 57.6 Å². The minimum atomic E-state index is -0.411. The van der Waals surface area contributed by atoms with E-state index >= 15 is 0 Å². The van der Waals surface area contributed by atoms with Crippen molar-refractivity contribution in [2.75, 3.05) is 37.9 Å². The molecular weight excluding hydrogens is 464 g/mol. The highest BCUT2D eigenvalue weighted by Gasteiger charge is 2.39. The summed E-state index contributed by atoms with van der Waals surface area (Å²) in [6, 6.07) is 22.1. The number of carbonyl (C=O) groups is 1. The van der Waals surface area contributed by atoms with Gasteiger partial charge in [0.25, 0.3) is 5.91 Å². The molecule has 0 saturated carbocycles. The van der Waals surface area contributed by atoms with E-state index in [1.165, 1.54) is 16.7 Å². The first-order valence-electron chi connectivity index (χ1n) is 12.9. The summed E-state index contributed by atoms with van der Waals surface area (Å²) in [6.07, 6.45) is 0.606. The van der Waals surface area contributed by atoms with Crippen LogP contribution < -0.4 is 14.4 Å². The van der Waals surface area contributed by atoms with Crippen LogP contribution in [0.25, 0.3) is 0 Å². The molecule has 3 aromatic rings. The van der Waals surface area contributed by atoms with E-state index in [4.69, 9.17) is 14.5 Å². The lowest BCUT2D eigenvalue weighted by atomic mass is 10.1. The molecule has 190 valence electrons. The van der Waals surface area contributed by atoms with Gasteiger partial charge in [-0.15, -0.1) is 0 Å². The summed E-state index contributed by atoms with van der Waals surface area (Å²) in [6.45, 7) is 8.75. The van der Waals surface area contributed by atoms with E-state index < -0.39 is 6.04 Å². The molecule has 0 aliphatic carbocycles. The van der Waals surface area contributed by atoms with Gasteiger partial charge in [-0.2, -0.15) is 0 Å². The van der Waals surface area contributed by atoms with Crippen molar-refractivity contribution < 1.29 is 14.3 Å². The quantitative estimate of drug-likeness (QED) is 0.531. The van der Waals surface area contributed by atoms with Crippen molar-refractivity contribution in [1.82, 2.24) is 9.80 Å². The predicted octanol–water partition coefficient (Wildman–Crippen LogP) is 4.16. The van der Waals surface area contributed by atoms with E-state index in [9.17, 15) is 4.79 Å². The summed E-state index contributed by atoms with van der Waals surface area (Å²) in [5, 5.41) is 0. The van der Waals surface area contributed by atoms with Crippen molar-refractivity contribution >= 4 is 17.6 Å². The van der Waals surface area contributed by atoms with Crippen LogP contribution in [-0.4, -0.2) is 60.7 Å². The molecule has 7 nitrogen and oxygen atoms in total. The summed E-state index contributed by atoms with van der Waals surface area (Å²) < 4.78 is 11.0. The summed E-state index contributed by atoms with van der Waals surface area (Å²) in [7, 11) is 0. The third-order valence-electron chi connectivity index (χ3n) is 7.50. The number of nitrogens with zero attached hydrogens (tertiary/aromatic N) is 4. The largest absolute Gasteiger partial charge is 0.454 e. The Morgan fingerprint density at radius 2 is 1.62 bits per heavy atom. The van der Waals surface area contributed by atoms with Gasteiger partial charge in [0.2, 0.25) is 12.8 Å². The van der Waals surface area contributed by atoms with Crippen LogP contribution in [0.5, 0.6) is 11.5 Å². The van der Waals surface area contributed by atoms with Crippen LogP contribution >= 0.6 is 0 Å². The summed E-state index contributed by atoms with van der Waals surface area (Å²) in [5.41, 5.74) is 5.62. The van der Waals surface area contributed by atoms with Gasteiger partial charge in [0, 0.05) is 39.1 Å². The minimum absolute atomic E-state index is 0.0462. The molecule has 0 radical (unpaired) electrons. The van der Waals surface area contributed by atoms with E-state index in [0.29, 0.717) is 13.2 Å². The highest BCUT2D eigenvalue weighted by atomic mass is 16.7. The molecule has 1 amide bonds. The lowest BCUT2D eigenvalue weighted by molar-refractivity contribution is -0.118. The number of fused-ring (bicyclic) bond motifs is 1. The van der Waals surface area contributed by atoms with Crippen molar-refractivity contribution in [2.45, 2.75) is 32.9 Å². The third kappa shape index (κ3) is 4.79.